The van der Waals surface area contributed by atoms with Gasteiger partial charge in [0.1, 0.15) is 0 Å². The van der Waals surface area contributed by atoms with Gasteiger partial charge >= 0.3 is 6.18 Å². The molecule has 0 spiro atoms. The average Bonchev–Trinajstić information content (AvgIpc) is 3.19. The highest BCUT2D eigenvalue weighted by Crippen LogP contribution is 2.33. The summed E-state index contributed by atoms with van der Waals surface area (Å²) >= 11 is 0. The van der Waals surface area contributed by atoms with Gasteiger partial charge in [-0.05, 0) is 44.8 Å². The molecule has 2 aliphatic heterocycles. The fourth-order valence-electron chi connectivity index (χ4n) is 4.08. The van der Waals surface area contributed by atoms with Crippen molar-refractivity contribution in [1.29, 1.82) is 0 Å². The number of hydrogen-bond acceptors (Lipinski definition) is 6. The quantitative estimate of drug-likeness (QED) is 0.838. The van der Waals surface area contributed by atoms with Crippen LogP contribution < -0.4 is 5.32 Å². The van der Waals surface area contributed by atoms with E-state index in [1.807, 2.05) is 6.07 Å². The van der Waals surface area contributed by atoms with Crippen LogP contribution in [0.3, 0.4) is 0 Å². The number of anilines is 1. The Hall–Kier alpha value is -2.00. The smallest absolute Gasteiger partial charge is 0.376 e. The van der Waals surface area contributed by atoms with E-state index in [0.717, 1.165) is 35.9 Å². The third kappa shape index (κ3) is 4.52. The third-order valence-electron chi connectivity index (χ3n) is 5.51. The summed E-state index contributed by atoms with van der Waals surface area (Å²) in [5, 5.41) is 14.0. The van der Waals surface area contributed by atoms with Gasteiger partial charge < -0.3 is 10.1 Å². The van der Waals surface area contributed by atoms with Crippen molar-refractivity contribution >= 4 is 16.6 Å². The zero-order valence-electron chi connectivity index (χ0n) is 15.6. The number of pyridine rings is 1. The number of nitrogens with zero attached hydrogens (tertiary/aromatic N) is 4. The van der Waals surface area contributed by atoms with Gasteiger partial charge in [0.25, 0.3) is 0 Å². The maximum atomic E-state index is 12.6. The third-order valence-corrected chi connectivity index (χ3v) is 5.51. The molecule has 2 aromatic rings. The molecule has 4 heterocycles. The Balaban J connectivity index is 1.48. The van der Waals surface area contributed by atoms with E-state index in [-0.39, 0.29) is 12.0 Å². The predicted molar refractivity (Wildman–Crippen MR) is 99.3 cm³/mol. The summed E-state index contributed by atoms with van der Waals surface area (Å²) in [5.74, 6) is 0.783. The molecule has 1 N–H and O–H groups in total. The molecule has 4 rings (SSSR count). The van der Waals surface area contributed by atoms with Crippen LogP contribution in [-0.2, 0) is 4.74 Å². The van der Waals surface area contributed by atoms with Crippen LogP contribution in [0.1, 0.15) is 37.3 Å². The summed E-state index contributed by atoms with van der Waals surface area (Å²) in [4.78, 5) is 5.68. The highest BCUT2D eigenvalue weighted by atomic mass is 19.4. The lowest BCUT2D eigenvalue weighted by molar-refractivity contribution is -0.147. The van der Waals surface area contributed by atoms with Gasteiger partial charge in [0.15, 0.2) is 5.82 Å². The van der Waals surface area contributed by atoms with Gasteiger partial charge in [-0.1, -0.05) is 0 Å². The Labute approximate surface area is 161 Å². The van der Waals surface area contributed by atoms with Crippen molar-refractivity contribution in [2.24, 2.45) is 0 Å². The number of nitrogens with one attached hydrogen (secondary N) is 1. The van der Waals surface area contributed by atoms with Crippen LogP contribution in [0.25, 0.3) is 10.8 Å². The number of ether oxygens (including phenoxy) is 1. The van der Waals surface area contributed by atoms with Crippen LogP contribution in [0.2, 0.25) is 0 Å². The van der Waals surface area contributed by atoms with Gasteiger partial charge in [-0.2, -0.15) is 18.3 Å². The molecule has 0 radical (unpaired) electrons. The van der Waals surface area contributed by atoms with Crippen LogP contribution in [0, 0.1) is 0 Å². The number of piperidine rings is 1. The lowest BCUT2D eigenvalue weighted by Crippen LogP contribution is -2.39. The SMILES string of the molecule is FC(F)(F)CN1CCC(c2nnc(NCC3CCCO3)c3cnccc23)CC1. The molecule has 2 saturated heterocycles. The highest BCUT2D eigenvalue weighted by Gasteiger charge is 2.33. The van der Waals surface area contributed by atoms with Crippen molar-refractivity contribution in [2.75, 3.05) is 38.1 Å². The Morgan fingerprint density at radius 1 is 1.14 bits per heavy atom. The molecule has 1 unspecified atom stereocenters. The molecule has 0 aliphatic carbocycles. The monoisotopic (exact) mass is 395 g/mol. The van der Waals surface area contributed by atoms with E-state index in [2.05, 4.69) is 20.5 Å². The summed E-state index contributed by atoms with van der Waals surface area (Å²) in [6.45, 7) is 1.46. The van der Waals surface area contributed by atoms with Crippen LogP contribution in [0.4, 0.5) is 19.0 Å². The average molecular weight is 395 g/mol. The minimum absolute atomic E-state index is 0.106. The van der Waals surface area contributed by atoms with Crippen molar-refractivity contribution in [3.8, 4) is 0 Å². The number of hydrogen-bond donors (Lipinski definition) is 1. The van der Waals surface area contributed by atoms with Crippen molar-refractivity contribution in [2.45, 2.75) is 43.9 Å². The highest BCUT2D eigenvalue weighted by molar-refractivity contribution is 5.92. The van der Waals surface area contributed by atoms with Gasteiger partial charge in [0.05, 0.1) is 18.3 Å². The first kappa shape index (κ1) is 19.3. The maximum absolute atomic E-state index is 12.6. The number of rotatable bonds is 5. The van der Waals surface area contributed by atoms with Gasteiger partial charge in [-0.25, -0.2) is 0 Å². The van der Waals surface area contributed by atoms with Crippen molar-refractivity contribution in [3.05, 3.63) is 24.2 Å². The first-order chi connectivity index (χ1) is 13.5. The number of halogens is 3. The zero-order chi connectivity index (χ0) is 19.6. The number of fused-ring (bicyclic) bond motifs is 1. The Bertz CT molecular complexity index is 802. The van der Waals surface area contributed by atoms with Gasteiger partial charge in [0, 0.05) is 42.2 Å². The lowest BCUT2D eigenvalue weighted by Gasteiger charge is -2.32. The van der Waals surface area contributed by atoms with Gasteiger partial charge in [-0.15, -0.1) is 5.10 Å². The van der Waals surface area contributed by atoms with Crippen LogP contribution in [0.15, 0.2) is 18.5 Å². The molecule has 0 saturated carbocycles. The minimum atomic E-state index is -4.15. The molecule has 0 bridgehead atoms. The molecule has 152 valence electrons. The second-order valence-corrected chi connectivity index (χ2v) is 7.54. The molecule has 9 heteroatoms. The second kappa shape index (κ2) is 8.16. The van der Waals surface area contributed by atoms with Crippen LogP contribution in [-0.4, -0.2) is 65.1 Å². The van der Waals surface area contributed by atoms with Gasteiger partial charge in [0.2, 0.25) is 0 Å². The molecular formula is C19H24F3N5O. The molecule has 28 heavy (non-hydrogen) atoms. The maximum Gasteiger partial charge on any atom is 0.401 e. The van der Waals surface area contributed by atoms with Crippen LogP contribution in [0.5, 0.6) is 0 Å². The van der Waals surface area contributed by atoms with Crippen molar-refractivity contribution in [1.82, 2.24) is 20.1 Å². The first-order valence-electron chi connectivity index (χ1n) is 9.74. The van der Waals surface area contributed by atoms with Crippen molar-refractivity contribution in [3.63, 3.8) is 0 Å². The first-order valence-corrected chi connectivity index (χ1v) is 9.74. The van der Waals surface area contributed by atoms with E-state index in [0.29, 0.717) is 38.3 Å². The predicted octanol–water partition coefficient (Wildman–Crippen LogP) is 3.36. The topological polar surface area (TPSA) is 63.2 Å². The summed E-state index contributed by atoms with van der Waals surface area (Å²) in [7, 11) is 0. The molecule has 6 nitrogen and oxygen atoms in total. The standard InChI is InChI=1S/C19H24F3N5O/c20-19(21,22)12-27-7-4-13(5-8-27)17-15-3-6-23-11-16(15)18(26-25-17)24-10-14-2-1-9-28-14/h3,6,11,13-14H,1-2,4-5,7-10,12H2,(H,24,26). The normalized spacial score (nSPS) is 22.0. The van der Waals surface area contributed by atoms with Gasteiger partial charge in [-0.3, -0.25) is 9.88 Å². The number of alkyl halides is 3. The fourth-order valence-corrected chi connectivity index (χ4v) is 4.08. The Morgan fingerprint density at radius 3 is 2.68 bits per heavy atom. The molecule has 0 aromatic carbocycles. The number of aromatic nitrogens is 3. The molecule has 1 atom stereocenters. The molecular weight excluding hydrogens is 371 g/mol. The van der Waals surface area contributed by atoms with E-state index in [9.17, 15) is 13.2 Å². The Morgan fingerprint density at radius 2 is 1.96 bits per heavy atom. The summed E-state index contributed by atoms with van der Waals surface area (Å²) in [6.07, 6.45) is 2.92. The van der Waals surface area contributed by atoms with Crippen LogP contribution >= 0.6 is 0 Å². The second-order valence-electron chi connectivity index (χ2n) is 7.54. The molecule has 2 fully saturated rings. The number of likely N-dealkylation sites (tertiary alicyclic amines) is 1. The molecule has 2 aliphatic rings. The zero-order valence-corrected chi connectivity index (χ0v) is 15.6. The van der Waals surface area contributed by atoms with E-state index >= 15 is 0 Å². The van der Waals surface area contributed by atoms with E-state index in [1.54, 1.807) is 12.4 Å². The summed E-state index contributed by atoms with van der Waals surface area (Å²) < 4.78 is 43.5. The molecule has 0 amide bonds. The Kier molecular flexibility index (Phi) is 5.63. The summed E-state index contributed by atoms with van der Waals surface area (Å²) in [6, 6.07) is 1.92. The van der Waals surface area contributed by atoms with E-state index < -0.39 is 12.7 Å². The summed E-state index contributed by atoms with van der Waals surface area (Å²) in [5.41, 5.74) is 0.853. The van der Waals surface area contributed by atoms with E-state index in [4.69, 9.17) is 4.74 Å². The van der Waals surface area contributed by atoms with Crippen molar-refractivity contribution < 1.29 is 17.9 Å². The molecule has 2 aromatic heterocycles. The largest absolute Gasteiger partial charge is 0.401 e. The van der Waals surface area contributed by atoms with E-state index in [1.165, 1.54) is 4.90 Å². The minimum Gasteiger partial charge on any atom is -0.376 e. The lowest BCUT2D eigenvalue weighted by atomic mass is 9.91. The fraction of sp³-hybridized carbons (Fsp3) is 0.632.